The Balaban J connectivity index is 2.80. The predicted molar refractivity (Wildman–Crippen MR) is 73.9 cm³/mol. The number of esters is 1. The zero-order valence-electron chi connectivity index (χ0n) is 12.4. The summed E-state index contributed by atoms with van der Waals surface area (Å²) >= 11 is 0. The summed E-state index contributed by atoms with van der Waals surface area (Å²) in [5, 5.41) is 7.51. The third-order valence-electron chi connectivity index (χ3n) is 2.79. The molecular weight excluding hydrogens is 244 g/mol. The molecule has 1 aromatic rings. The minimum absolute atomic E-state index is 0.252. The van der Waals surface area contributed by atoms with Crippen molar-refractivity contribution >= 4 is 5.97 Å². The normalized spacial score (nSPS) is 12.7. The summed E-state index contributed by atoms with van der Waals surface area (Å²) in [4.78, 5) is 14.1. The molecule has 1 rings (SSSR count). The van der Waals surface area contributed by atoms with Gasteiger partial charge in [-0.05, 0) is 27.9 Å². The molecule has 0 aliphatic rings. The fraction of sp³-hybridized carbons (Fsp3) is 0.692. The van der Waals surface area contributed by atoms with Crippen molar-refractivity contribution in [3.05, 3.63) is 17.5 Å². The number of nitrogens with one attached hydrogen (secondary N) is 1. The Morgan fingerprint density at radius 3 is 2.74 bits per heavy atom. The summed E-state index contributed by atoms with van der Waals surface area (Å²) in [6.07, 6.45) is 1.86. The summed E-state index contributed by atoms with van der Waals surface area (Å²) in [5.74, 6) is -0.252. The van der Waals surface area contributed by atoms with E-state index >= 15 is 0 Å². The second-order valence-electron chi connectivity index (χ2n) is 4.79. The zero-order valence-corrected chi connectivity index (χ0v) is 12.4. The van der Waals surface area contributed by atoms with Gasteiger partial charge in [0.1, 0.15) is 6.04 Å². The number of aromatic nitrogens is 2. The topological polar surface area (TPSA) is 59.4 Å². The average molecular weight is 268 g/mol. The van der Waals surface area contributed by atoms with Crippen LogP contribution in [0.3, 0.4) is 0 Å². The molecule has 6 nitrogen and oxygen atoms in total. The number of ether oxygens (including phenoxy) is 1. The first-order chi connectivity index (χ1) is 8.95. The van der Waals surface area contributed by atoms with Crippen molar-refractivity contribution in [3.8, 4) is 0 Å². The van der Waals surface area contributed by atoms with Crippen LogP contribution in [0.2, 0.25) is 0 Å². The minimum Gasteiger partial charge on any atom is -0.465 e. The highest BCUT2D eigenvalue weighted by molar-refractivity contribution is 5.77. The maximum Gasteiger partial charge on any atom is 0.327 e. The van der Waals surface area contributed by atoms with E-state index in [0.29, 0.717) is 13.2 Å². The molecule has 0 amide bonds. The molecule has 1 N–H and O–H groups in total. The third kappa shape index (κ3) is 4.65. The van der Waals surface area contributed by atoms with E-state index in [4.69, 9.17) is 4.74 Å². The van der Waals surface area contributed by atoms with Crippen molar-refractivity contribution in [2.45, 2.75) is 19.9 Å². The first-order valence-corrected chi connectivity index (χ1v) is 6.50. The fourth-order valence-electron chi connectivity index (χ4n) is 1.88. The number of hydrogen-bond acceptors (Lipinski definition) is 5. The van der Waals surface area contributed by atoms with Gasteiger partial charge in [0.25, 0.3) is 0 Å². The van der Waals surface area contributed by atoms with Crippen molar-refractivity contribution in [2.75, 3.05) is 33.8 Å². The van der Waals surface area contributed by atoms with E-state index < -0.39 is 6.04 Å². The molecule has 108 valence electrons. The Morgan fingerprint density at radius 1 is 1.58 bits per heavy atom. The zero-order chi connectivity index (χ0) is 14.4. The first kappa shape index (κ1) is 15.7. The summed E-state index contributed by atoms with van der Waals surface area (Å²) in [7, 11) is 5.84. The molecule has 1 unspecified atom stereocenters. The molecule has 0 aliphatic carbocycles. The summed E-state index contributed by atoms with van der Waals surface area (Å²) in [6, 6.07) is -0.450. The van der Waals surface area contributed by atoms with Crippen molar-refractivity contribution in [3.63, 3.8) is 0 Å². The number of carbonyl (C=O) groups is 1. The van der Waals surface area contributed by atoms with Gasteiger partial charge < -0.3 is 9.64 Å². The SMILES string of the molecule is CCOC(=O)C(NCCN(C)C)c1cn(C)nc1C. The van der Waals surface area contributed by atoms with Crippen molar-refractivity contribution in [1.29, 1.82) is 0 Å². The smallest absolute Gasteiger partial charge is 0.327 e. The van der Waals surface area contributed by atoms with Crippen LogP contribution in [0.4, 0.5) is 0 Å². The number of carbonyl (C=O) groups excluding carboxylic acids is 1. The van der Waals surface area contributed by atoms with Crippen molar-refractivity contribution in [1.82, 2.24) is 20.0 Å². The van der Waals surface area contributed by atoms with Crippen LogP contribution in [0, 0.1) is 6.92 Å². The van der Waals surface area contributed by atoms with Crippen LogP contribution in [0.5, 0.6) is 0 Å². The Morgan fingerprint density at radius 2 is 2.26 bits per heavy atom. The monoisotopic (exact) mass is 268 g/mol. The van der Waals surface area contributed by atoms with Crippen molar-refractivity contribution in [2.24, 2.45) is 7.05 Å². The Hall–Kier alpha value is -1.40. The lowest BCUT2D eigenvalue weighted by Crippen LogP contribution is -2.35. The maximum atomic E-state index is 12.0. The molecule has 19 heavy (non-hydrogen) atoms. The van der Waals surface area contributed by atoms with Crippen LogP contribution >= 0.6 is 0 Å². The largest absolute Gasteiger partial charge is 0.465 e. The second kappa shape index (κ2) is 7.25. The van der Waals surface area contributed by atoms with Gasteiger partial charge in [-0.2, -0.15) is 5.10 Å². The lowest BCUT2D eigenvalue weighted by molar-refractivity contribution is -0.145. The Kier molecular flexibility index (Phi) is 5.98. The number of hydrogen-bond donors (Lipinski definition) is 1. The lowest BCUT2D eigenvalue weighted by Gasteiger charge is -2.18. The van der Waals surface area contributed by atoms with Gasteiger partial charge in [0.2, 0.25) is 0 Å². The van der Waals surface area contributed by atoms with Crippen LogP contribution in [0.1, 0.15) is 24.2 Å². The van der Waals surface area contributed by atoms with Gasteiger partial charge in [-0.15, -0.1) is 0 Å². The molecule has 1 atom stereocenters. The molecule has 1 heterocycles. The predicted octanol–water partition coefficient (Wildman–Crippen LogP) is 0.484. The number of aryl methyl sites for hydroxylation is 2. The van der Waals surface area contributed by atoms with Crippen LogP contribution in [0.15, 0.2) is 6.20 Å². The average Bonchev–Trinajstić information content (AvgIpc) is 2.63. The van der Waals surface area contributed by atoms with Gasteiger partial charge in [-0.1, -0.05) is 0 Å². The molecule has 0 aliphatic heterocycles. The van der Waals surface area contributed by atoms with Gasteiger partial charge in [0, 0.05) is 31.9 Å². The first-order valence-electron chi connectivity index (χ1n) is 6.50. The van der Waals surface area contributed by atoms with Gasteiger partial charge >= 0.3 is 5.97 Å². The molecule has 6 heteroatoms. The highest BCUT2D eigenvalue weighted by Gasteiger charge is 2.24. The molecule has 0 bridgehead atoms. The fourth-order valence-corrected chi connectivity index (χ4v) is 1.88. The quantitative estimate of drug-likeness (QED) is 0.729. The van der Waals surface area contributed by atoms with Gasteiger partial charge in [0.15, 0.2) is 0 Å². The Labute approximate surface area is 114 Å². The molecule has 0 radical (unpaired) electrons. The molecule has 1 aromatic heterocycles. The summed E-state index contributed by atoms with van der Waals surface area (Å²) in [6.45, 7) is 5.66. The van der Waals surface area contributed by atoms with E-state index in [1.54, 1.807) is 4.68 Å². The number of rotatable bonds is 7. The third-order valence-corrected chi connectivity index (χ3v) is 2.79. The van der Waals surface area contributed by atoms with Crippen LogP contribution in [0.25, 0.3) is 0 Å². The standard InChI is InChI=1S/C13H24N4O2/c1-6-19-13(18)12(14-7-8-16(3)4)11-9-17(5)15-10(11)2/h9,12,14H,6-8H2,1-5H3. The molecular formula is C13H24N4O2. The number of likely N-dealkylation sites (N-methyl/N-ethyl adjacent to an activating group) is 1. The highest BCUT2D eigenvalue weighted by Crippen LogP contribution is 2.17. The minimum atomic E-state index is -0.450. The number of nitrogens with zero attached hydrogens (tertiary/aromatic N) is 3. The highest BCUT2D eigenvalue weighted by atomic mass is 16.5. The van der Waals surface area contributed by atoms with Gasteiger partial charge in [-0.25, -0.2) is 4.79 Å². The van der Waals surface area contributed by atoms with E-state index in [0.717, 1.165) is 17.8 Å². The van der Waals surface area contributed by atoms with Crippen LogP contribution in [-0.2, 0) is 16.6 Å². The van der Waals surface area contributed by atoms with Gasteiger partial charge in [0.05, 0.1) is 12.3 Å². The van der Waals surface area contributed by atoms with E-state index in [1.807, 2.05) is 41.2 Å². The summed E-state index contributed by atoms with van der Waals surface area (Å²) < 4.78 is 6.84. The molecule has 0 fully saturated rings. The van der Waals surface area contributed by atoms with Crippen LogP contribution in [-0.4, -0.2) is 54.4 Å². The second-order valence-corrected chi connectivity index (χ2v) is 4.79. The van der Waals surface area contributed by atoms with Crippen LogP contribution < -0.4 is 5.32 Å². The molecule has 0 saturated heterocycles. The molecule has 0 spiro atoms. The van der Waals surface area contributed by atoms with Crippen molar-refractivity contribution < 1.29 is 9.53 Å². The molecule has 0 saturated carbocycles. The van der Waals surface area contributed by atoms with E-state index in [-0.39, 0.29) is 5.97 Å². The summed E-state index contributed by atoms with van der Waals surface area (Å²) in [5.41, 5.74) is 1.72. The molecule has 0 aromatic carbocycles. The van der Waals surface area contributed by atoms with E-state index in [9.17, 15) is 4.79 Å². The van der Waals surface area contributed by atoms with Gasteiger partial charge in [-0.3, -0.25) is 10.00 Å². The lowest BCUT2D eigenvalue weighted by atomic mass is 10.1. The maximum absolute atomic E-state index is 12.0. The van der Waals surface area contributed by atoms with E-state index in [1.165, 1.54) is 0 Å². The van der Waals surface area contributed by atoms with E-state index in [2.05, 4.69) is 15.3 Å². The Bertz CT molecular complexity index is 415.